The Morgan fingerprint density at radius 1 is 1.00 bits per heavy atom. The second-order valence-electron chi connectivity index (χ2n) is 5.13. The molecule has 26 heavy (non-hydrogen) atoms. The quantitative estimate of drug-likeness (QED) is 0.757. The van der Waals surface area contributed by atoms with E-state index in [0.29, 0.717) is 0 Å². The maximum Gasteiger partial charge on any atom is 0.416 e. The van der Waals surface area contributed by atoms with Crippen molar-refractivity contribution in [1.82, 2.24) is 4.90 Å². The van der Waals surface area contributed by atoms with E-state index in [0.717, 1.165) is 17.0 Å². The van der Waals surface area contributed by atoms with Gasteiger partial charge in [0.05, 0.1) is 17.7 Å². The van der Waals surface area contributed by atoms with Gasteiger partial charge >= 0.3 is 6.18 Å². The molecule has 0 heterocycles. The van der Waals surface area contributed by atoms with Gasteiger partial charge in [0.25, 0.3) is 5.91 Å². The van der Waals surface area contributed by atoms with Gasteiger partial charge in [-0.3, -0.25) is 4.79 Å². The van der Waals surface area contributed by atoms with Crippen molar-refractivity contribution in [3.05, 3.63) is 59.7 Å². The number of alkyl halides is 3. The van der Waals surface area contributed by atoms with Crippen LogP contribution in [0.25, 0.3) is 0 Å². The molecule has 132 valence electrons. The van der Waals surface area contributed by atoms with Crippen LogP contribution in [0.2, 0.25) is 0 Å². The molecule has 2 rings (SSSR count). The summed E-state index contributed by atoms with van der Waals surface area (Å²) in [5.41, 5.74) is -0.698. The zero-order valence-corrected chi connectivity index (χ0v) is 13.3. The molecule has 0 atom stereocenters. The number of halogens is 3. The van der Waals surface area contributed by atoms with Gasteiger partial charge in [0.2, 0.25) is 0 Å². The Hall–Kier alpha value is -3.52. The van der Waals surface area contributed by atoms with Crippen molar-refractivity contribution in [3.63, 3.8) is 0 Å². The molecular formula is C18H12F3N3O2. The van der Waals surface area contributed by atoms with Gasteiger partial charge in [-0.25, -0.2) is 0 Å². The molecule has 0 unspecified atom stereocenters. The average molecular weight is 359 g/mol. The van der Waals surface area contributed by atoms with Crippen LogP contribution in [0.3, 0.4) is 0 Å². The van der Waals surface area contributed by atoms with Crippen LogP contribution in [0.5, 0.6) is 11.5 Å². The number of nitriles is 2. The van der Waals surface area contributed by atoms with E-state index < -0.39 is 17.6 Å². The summed E-state index contributed by atoms with van der Waals surface area (Å²) in [6.45, 7) is -0.518. The summed E-state index contributed by atoms with van der Waals surface area (Å²) in [6, 6.07) is 13.7. The highest BCUT2D eigenvalue weighted by molar-refractivity contribution is 5.94. The van der Waals surface area contributed by atoms with Crippen molar-refractivity contribution in [1.29, 1.82) is 10.5 Å². The first kappa shape index (κ1) is 18.8. The summed E-state index contributed by atoms with van der Waals surface area (Å²) in [6.07, 6.45) is -4.49. The van der Waals surface area contributed by atoms with Crippen molar-refractivity contribution < 1.29 is 22.7 Å². The van der Waals surface area contributed by atoms with Crippen LogP contribution in [-0.4, -0.2) is 23.9 Å². The van der Waals surface area contributed by atoms with Crippen LogP contribution in [-0.2, 0) is 6.18 Å². The summed E-state index contributed by atoms with van der Waals surface area (Å²) >= 11 is 0. The molecule has 0 radical (unpaired) electrons. The van der Waals surface area contributed by atoms with E-state index >= 15 is 0 Å². The first-order chi connectivity index (χ1) is 12.3. The van der Waals surface area contributed by atoms with Gasteiger partial charge in [-0.1, -0.05) is 12.1 Å². The summed E-state index contributed by atoms with van der Waals surface area (Å²) in [4.78, 5) is 13.4. The monoisotopic (exact) mass is 359 g/mol. The van der Waals surface area contributed by atoms with Crippen LogP contribution in [0.4, 0.5) is 13.2 Å². The lowest BCUT2D eigenvalue weighted by Gasteiger charge is -2.16. The second kappa shape index (κ2) is 8.04. The Morgan fingerprint density at radius 3 is 2.15 bits per heavy atom. The third kappa shape index (κ3) is 4.74. The summed E-state index contributed by atoms with van der Waals surface area (Å²) in [5.74, 6) is -0.429. The molecule has 1 amide bonds. The first-order valence-corrected chi connectivity index (χ1v) is 7.33. The first-order valence-electron chi connectivity index (χ1n) is 7.33. The zero-order chi connectivity index (χ0) is 19.2. The van der Waals surface area contributed by atoms with Crippen molar-refractivity contribution >= 4 is 5.91 Å². The topological polar surface area (TPSA) is 77.1 Å². The molecule has 0 aromatic heterocycles. The molecule has 0 aliphatic rings. The number of carbonyl (C=O) groups excluding carboxylic acids is 1. The van der Waals surface area contributed by atoms with Crippen molar-refractivity contribution in [2.24, 2.45) is 0 Å². The Bertz CT molecular complexity index is 866. The van der Waals surface area contributed by atoms with Crippen LogP contribution in [0.1, 0.15) is 15.9 Å². The third-order valence-electron chi connectivity index (χ3n) is 3.29. The molecule has 8 heteroatoms. The molecule has 5 nitrogen and oxygen atoms in total. The molecule has 0 aliphatic heterocycles. The maximum absolute atomic E-state index is 12.8. The number of hydrogen-bond acceptors (Lipinski definition) is 4. The van der Waals surface area contributed by atoms with E-state index in [9.17, 15) is 18.0 Å². The second-order valence-corrected chi connectivity index (χ2v) is 5.13. The smallest absolute Gasteiger partial charge is 0.416 e. The predicted octanol–water partition coefficient (Wildman–Crippen LogP) is 3.99. The van der Waals surface area contributed by atoms with Crippen LogP contribution >= 0.6 is 0 Å². The number of amides is 1. The summed E-state index contributed by atoms with van der Waals surface area (Å²) in [5, 5.41) is 17.5. The third-order valence-corrected chi connectivity index (χ3v) is 3.29. The van der Waals surface area contributed by atoms with Gasteiger partial charge < -0.3 is 9.64 Å². The van der Waals surface area contributed by atoms with Crippen molar-refractivity contribution in [2.45, 2.75) is 6.18 Å². The highest BCUT2D eigenvalue weighted by Gasteiger charge is 2.30. The number of nitrogens with zero attached hydrogens (tertiary/aromatic N) is 3. The molecule has 0 spiro atoms. The Kier molecular flexibility index (Phi) is 5.82. The van der Waals surface area contributed by atoms with Gasteiger partial charge in [0, 0.05) is 5.56 Å². The Balaban J connectivity index is 2.23. The molecule has 0 aliphatic carbocycles. The number of ether oxygens (including phenoxy) is 1. The molecule has 2 aromatic carbocycles. The fraction of sp³-hybridized carbons (Fsp3) is 0.167. The highest BCUT2D eigenvalue weighted by Crippen LogP contribution is 2.32. The average Bonchev–Trinajstić information content (AvgIpc) is 2.61. The largest absolute Gasteiger partial charge is 0.457 e. The maximum atomic E-state index is 12.8. The van der Waals surface area contributed by atoms with E-state index in [1.807, 2.05) is 0 Å². The molecule has 2 aromatic rings. The molecule has 0 saturated carbocycles. The SMILES string of the molecule is N#CCN(CC#N)C(=O)c1cccc(Oc2cccc(C(F)(F)F)c2)c1. The lowest BCUT2D eigenvalue weighted by Crippen LogP contribution is -2.31. The van der Waals surface area contributed by atoms with Crippen molar-refractivity contribution in [3.8, 4) is 23.6 Å². The van der Waals surface area contributed by atoms with E-state index in [1.54, 1.807) is 12.1 Å². The van der Waals surface area contributed by atoms with Gasteiger partial charge in [0.1, 0.15) is 24.6 Å². The molecular weight excluding hydrogens is 347 g/mol. The van der Waals surface area contributed by atoms with Gasteiger partial charge in [0.15, 0.2) is 0 Å². The van der Waals surface area contributed by atoms with Gasteiger partial charge in [-0.05, 0) is 36.4 Å². The molecule has 0 N–H and O–H groups in total. The van der Waals surface area contributed by atoms with Gasteiger partial charge in [-0.2, -0.15) is 23.7 Å². The molecule has 0 fully saturated rings. The van der Waals surface area contributed by atoms with Crippen LogP contribution in [0.15, 0.2) is 48.5 Å². The predicted molar refractivity (Wildman–Crippen MR) is 85.1 cm³/mol. The molecule has 0 saturated heterocycles. The standard InChI is InChI=1S/C18H12F3N3O2/c19-18(20,21)14-4-2-6-16(12-14)26-15-5-1-3-13(11-15)17(25)24(9-7-22)10-8-23/h1-6,11-12H,9-10H2. The minimum absolute atomic E-state index is 0.0321. The highest BCUT2D eigenvalue weighted by atomic mass is 19.4. The lowest BCUT2D eigenvalue weighted by atomic mass is 10.2. The number of carbonyl (C=O) groups is 1. The van der Waals surface area contributed by atoms with E-state index in [4.69, 9.17) is 15.3 Å². The normalized spacial score (nSPS) is 10.5. The van der Waals surface area contributed by atoms with Crippen LogP contribution in [0, 0.1) is 22.7 Å². The Labute approximate surface area is 147 Å². The zero-order valence-electron chi connectivity index (χ0n) is 13.3. The van der Waals surface area contributed by atoms with E-state index in [1.165, 1.54) is 36.4 Å². The van der Waals surface area contributed by atoms with E-state index in [-0.39, 0.29) is 30.2 Å². The lowest BCUT2D eigenvalue weighted by molar-refractivity contribution is -0.137. The summed E-state index contributed by atoms with van der Waals surface area (Å²) in [7, 11) is 0. The Morgan fingerprint density at radius 2 is 1.58 bits per heavy atom. The minimum atomic E-state index is -4.49. The number of benzene rings is 2. The van der Waals surface area contributed by atoms with Crippen molar-refractivity contribution in [2.75, 3.05) is 13.1 Å². The minimum Gasteiger partial charge on any atom is -0.457 e. The molecule has 0 bridgehead atoms. The fourth-order valence-corrected chi connectivity index (χ4v) is 2.12. The fourth-order valence-electron chi connectivity index (χ4n) is 2.12. The number of hydrogen-bond donors (Lipinski definition) is 0. The van der Waals surface area contributed by atoms with E-state index in [2.05, 4.69) is 0 Å². The van der Waals surface area contributed by atoms with Crippen LogP contribution < -0.4 is 4.74 Å². The summed E-state index contributed by atoms with van der Waals surface area (Å²) < 4.78 is 43.7. The number of rotatable bonds is 5. The van der Waals surface area contributed by atoms with Gasteiger partial charge in [-0.15, -0.1) is 0 Å².